The molecule has 1 N–H and O–H groups in total. The monoisotopic (exact) mass is 399 g/mol. The van der Waals surface area contributed by atoms with Crippen molar-refractivity contribution in [2.24, 2.45) is 0 Å². The molecule has 3 aromatic rings. The molecule has 0 fully saturated rings. The second kappa shape index (κ2) is 7.03. The van der Waals surface area contributed by atoms with E-state index in [1.54, 1.807) is 12.1 Å². The molecule has 0 bridgehead atoms. The van der Waals surface area contributed by atoms with Gasteiger partial charge in [-0.2, -0.15) is 5.10 Å². The minimum atomic E-state index is -3.85. The zero-order chi connectivity index (χ0) is 18.0. The van der Waals surface area contributed by atoms with Crippen LogP contribution in [0.1, 0.15) is 5.56 Å². The zero-order valence-electron chi connectivity index (χ0n) is 12.7. The SMILES string of the molecule is O=S(=O)(Nc1nn(Cc2cccc(F)c2)cc1Cl)c1ccc(Cl)cc1. The molecule has 0 saturated heterocycles. The summed E-state index contributed by atoms with van der Waals surface area (Å²) < 4.78 is 41.7. The highest BCUT2D eigenvalue weighted by atomic mass is 35.5. The van der Waals surface area contributed by atoms with Gasteiger partial charge in [-0.25, -0.2) is 12.8 Å². The molecule has 5 nitrogen and oxygen atoms in total. The molecule has 9 heteroatoms. The topological polar surface area (TPSA) is 64.0 Å². The first-order chi connectivity index (χ1) is 11.8. The number of hydrogen-bond donors (Lipinski definition) is 1. The fourth-order valence-electron chi connectivity index (χ4n) is 2.17. The maximum absolute atomic E-state index is 13.2. The van der Waals surface area contributed by atoms with Crippen LogP contribution in [0.2, 0.25) is 10.0 Å². The van der Waals surface area contributed by atoms with Crippen molar-refractivity contribution >= 4 is 39.0 Å². The Hall–Kier alpha value is -2.09. The van der Waals surface area contributed by atoms with Crippen LogP contribution in [0.25, 0.3) is 0 Å². The summed E-state index contributed by atoms with van der Waals surface area (Å²) in [6.45, 7) is 0.250. The Morgan fingerprint density at radius 1 is 1.12 bits per heavy atom. The van der Waals surface area contributed by atoms with Gasteiger partial charge in [-0.1, -0.05) is 35.3 Å². The normalized spacial score (nSPS) is 11.5. The number of nitrogens with zero attached hydrogens (tertiary/aromatic N) is 2. The van der Waals surface area contributed by atoms with E-state index in [1.165, 1.54) is 47.3 Å². The van der Waals surface area contributed by atoms with E-state index < -0.39 is 10.0 Å². The Bertz CT molecular complexity index is 1000. The lowest BCUT2D eigenvalue weighted by atomic mass is 10.2. The maximum atomic E-state index is 13.2. The van der Waals surface area contributed by atoms with Crippen LogP contribution in [-0.2, 0) is 16.6 Å². The van der Waals surface area contributed by atoms with Crippen LogP contribution in [0, 0.1) is 5.82 Å². The van der Waals surface area contributed by atoms with E-state index in [2.05, 4.69) is 9.82 Å². The van der Waals surface area contributed by atoms with Crippen LogP contribution < -0.4 is 4.72 Å². The van der Waals surface area contributed by atoms with E-state index >= 15 is 0 Å². The molecule has 25 heavy (non-hydrogen) atoms. The van der Waals surface area contributed by atoms with Crippen LogP contribution in [0.3, 0.4) is 0 Å². The Kier molecular flexibility index (Phi) is 4.99. The number of anilines is 1. The van der Waals surface area contributed by atoms with Crippen LogP contribution in [0.15, 0.2) is 59.6 Å². The van der Waals surface area contributed by atoms with Gasteiger partial charge in [0.1, 0.15) is 10.8 Å². The number of sulfonamides is 1. The van der Waals surface area contributed by atoms with E-state index in [9.17, 15) is 12.8 Å². The molecule has 0 aliphatic carbocycles. The van der Waals surface area contributed by atoms with Gasteiger partial charge in [0.25, 0.3) is 10.0 Å². The molecule has 0 atom stereocenters. The number of rotatable bonds is 5. The third-order valence-electron chi connectivity index (χ3n) is 3.31. The molecule has 1 heterocycles. The number of nitrogens with one attached hydrogen (secondary N) is 1. The summed E-state index contributed by atoms with van der Waals surface area (Å²) in [4.78, 5) is 0.0349. The maximum Gasteiger partial charge on any atom is 0.263 e. The highest BCUT2D eigenvalue weighted by Crippen LogP contribution is 2.24. The highest BCUT2D eigenvalue weighted by molar-refractivity contribution is 7.92. The average Bonchev–Trinajstić information content (AvgIpc) is 2.86. The van der Waals surface area contributed by atoms with Gasteiger partial charge < -0.3 is 0 Å². The van der Waals surface area contributed by atoms with Crippen LogP contribution >= 0.6 is 23.2 Å². The van der Waals surface area contributed by atoms with Gasteiger partial charge in [-0.3, -0.25) is 9.40 Å². The molecule has 0 spiro atoms. The van der Waals surface area contributed by atoms with Crippen LogP contribution in [0.5, 0.6) is 0 Å². The number of halogens is 3. The van der Waals surface area contributed by atoms with Gasteiger partial charge in [-0.15, -0.1) is 0 Å². The van der Waals surface area contributed by atoms with Crippen LogP contribution in [-0.4, -0.2) is 18.2 Å². The third-order valence-corrected chi connectivity index (χ3v) is 5.19. The molecular weight excluding hydrogens is 388 g/mol. The van der Waals surface area contributed by atoms with E-state index in [1.807, 2.05) is 0 Å². The Labute approximate surface area is 154 Å². The van der Waals surface area contributed by atoms with Crippen molar-refractivity contribution in [3.8, 4) is 0 Å². The Balaban J connectivity index is 1.81. The molecule has 0 amide bonds. The summed E-state index contributed by atoms with van der Waals surface area (Å²) >= 11 is 11.8. The Morgan fingerprint density at radius 3 is 2.52 bits per heavy atom. The van der Waals surface area contributed by atoms with E-state index in [0.29, 0.717) is 10.6 Å². The molecular formula is C16H12Cl2FN3O2S. The van der Waals surface area contributed by atoms with E-state index in [4.69, 9.17) is 23.2 Å². The molecule has 2 aromatic carbocycles. The van der Waals surface area contributed by atoms with E-state index in [0.717, 1.165) is 0 Å². The third kappa shape index (κ3) is 4.31. The van der Waals surface area contributed by atoms with Crippen molar-refractivity contribution in [2.45, 2.75) is 11.4 Å². The predicted molar refractivity (Wildman–Crippen MR) is 95.0 cm³/mol. The van der Waals surface area contributed by atoms with Crippen molar-refractivity contribution in [3.63, 3.8) is 0 Å². The quantitative estimate of drug-likeness (QED) is 0.699. The van der Waals surface area contributed by atoms with Gasteiger partial charge in [0, 0.05) is 11.2 Å². The number of aromatic nitrogens is 2. The summed E-state index contributed by atoms with van der Waals surface area (Å²) in [5.41, 5.74) is 0.672. The van der Waals surface area contributed by atoms with Crippen molar-refractivity contribution in [2.75, 3.05) is 4.72 Å². The molecule has 0 radical (unpaired) electrons. The van der Waals surface area contributed by atoms with Gasteiger partial charge >= 0.3 is 0 Å². The van der Waals surface area contributed by atoms with E-state index in [-0.39, 0.29) is 28.1 Å². The zero-order valence-corrected chi connectivity index (χ0v) is 15.0. The molecule has 0 saturated carbocycles. The highest BCUT2D eigenvalue weighted by Gasteiger charge is 2.18. The first kappa shape index (κ1) is 17.7. The molecule has 3 rings (SSSR count). The van der Waals surface area contributed by atoms with Gasteiger partial charge in [-0.05, 0) is 42.0 Å². The summed E-state index contributed by atoms with van der Waals surface area (Å²) in [5, 5.41) is 4.67. The molecule has 1 aromatic heterocycles. The lowest BCUT2D eigenvalue weighted by molar-refractivity contribution is 0.600. The molecule has 0 unspecified atom stereocenters. The number of hydrogen-bond acceptors (Lipinski definition) is 3. The smallest absolute Gasteiger partial charge is 0.263 e. The van der Waals surface area contributed by atoms with Gasteiger partial charge in [0.05, 0.1) is 11.4 Å². The van der Waals surface area contributed by atoms with Crippen molar-refractivity contribution in [1.29, 1.82) is 0 Å². The first-order valence-electron chi connectivity index (χ1n) is 7.09. The lowest BCUT2D eigenvalue weighted by Gasteiger charge is -2.06. The lowest BCUT2D eigenvalue weighted by Crippen LogP contribution is -2.14. The summed E-state index contributed by atoms with van der Waals surface area (Å²) in [6.07, 6.45) is 1.46. The second-order valence-corrected chi connectivity index (χ2v) is 7.74. The second-order valence-electron chi connectivity index (χ2n) is 5.21. The summed E-state index contributed by atoms with van der Waals surface area (Å²) in [6, 6.07) is 11.7. The minimum Gasteiger partial charge on any atom is -0.265 e. The molecule has 0 aliphatic heterocycles. The summed E-state index contributed by atoms with van der Waals surface area (Å²) in [7, 11) is -3.85. The van der Waals surface area contributed by atoms with Crippen molar-refractivity contribution < 1.29 is 12.8 Å². The summed E-state index contributed by atoms with van der Waals surface area (Å²) in [5.74, 6) is -0.368. The minimum absolute atomic E-state index is 0.00646. The molecule has 130 valence electrons. The van der Waals surface area contributed by atoms with Crippen molar-refractivity contribution in [1.82, 2.24) is 9.78 Å². The standard InChI is InChI=1S/C16H12Cl2FN3O2S/c17-12-4-6-14(7-5-12)25(23,24)21-16-15(18)10-22(20-16)9-11-2-1-3-13(19)8-11/h1-8,10H,9H2,(H,20,21). The predicted octanol–water partition coefficient (Wildman–Crippen LogP) is 4.18. The van der Waals surface area contributed by atoms with Gasteiger partial charge in [0.2, 0.25) is 0 Å². The fourth-order valence-corrected chi connectivity index (χ4v) is 3.57. The fraction of sp³-hybridized carbons (Fsp3) is 0.0625. The van der Waals surface area contributed by atoms with Gasteiger partial charge in [0.15, 0.2) is 5.82 Å². The largest absolute Gasteiger partial charge is 0.265 e. The first-order valence-corrected chi connectivity index (χ1v) is 9.33. The molecule has 0 aliphatic rings. The van der Waals surface area contributed by atoms with Crippen molar-refractivity contribution in [3.05, 3.63) is 76.2 Å². The van der Waals surface area contributed by atoms with Crippen LogP contribution in [0.4, 0.5) is 10.2 Å². The number of benzene rings is 2. The average molecular weight is 400 g/mol. The Morgan fingerprint density at radius 2 is 1.84 bits per heavy atom.